The summed E-state index contributed by atoms with van der Waals surface area (Å²) in [7, 11) is 2.27. The molecule has 3 N–H and O–H groups in total. The third-order valence-corrected chi connectivity index (χ3v) is 4.32. The summed E-state index contributed by atoms with van der Waals surface area (Å²) in [5, 5.41) is 9.10. The summed E-state index contributed by atoms with van der Waals surface area (Å²) < 4.78 is 0. The first-order chi connectivity index (χ1) is 8.55. The van der Waals surface area contributed by atoms with Crippen molar-refractivity contribution in [2.45, 2.75) is 76.3 Å². The molecule has 0 amide bonds. The van der Waals surface area contributed by atoms with Gasteiger partial charge in [-0.15, -0.1) is 0 Å². The highest BCUT2D eigenvalue weighted by atomic mass is 16.3. The van der Waals surface area contributed by atoms with Crippen molar-refractivity contribution in [3.8, 4) is 0 Å². The largest absolute Gasteiger partial charge is 0.394 e. The van der Waals surface area contributed by atoms with Crippen LogP contribution >= 0.6 is 0 Å². The smallest absolute Gasteiger partial charge is 0.0608 e. The van der Waals surface area contributed by atoms with Crippen molar-refractivity contribution in [3.05, 3.63) is 0 Å². The molecule has 1 unspecified atom stereocenters. The fourth-order valence-corrected chi connectivity index (χ4v) is 2.85. The van der Waals surface area contributed by atoms with Gasteiger partial charge in [-0.25, -0.2) is 0 Å². The lowest BCUT2D eigenvalue weighted by Crippen LogP contribution is -2.40. The van der Waals surface area contributed by atoms with E-state index in [4.69, 9.17) is 10.8 Å². The molecule has 0 heterocycles. The molecule has 0 aliphatic heterocycles. The second-order valence-electron chi connectivity index (χ2n) is 6.40. The molecule has 0 spiro atoms. The van der Waals surface area contributed by atoms with Gasteiger partial charge in [0.05, 0.1) is 6.61 Å². The van der Waals surface area contributed by atoms with E-state index in [-0.39, 0.29) is 12.1 Å². The third kappa shape index (κ3) is 6.17. The number of unbranched alkanes of at least 4 members (excludes halogenated alkanes) is 1. The van der Waals surface area contributed by atoms with Crippen LogP contribution in [0.3, 0.4) is 0 Å². The van der Waals surface area contributed by atoms with Crippen molar-refractivity contribution >= 4 is 0 Å². The fraction of sp³-hybridized carbons (Fsp3) is 1.00. The lowest BCUT2D eigenvalue weighted by molar-refractivity contribution is 0.188. The number of hydrogen-bond donors (Lipinski definition) is 2. The van der Waals surface area contributed by atoms with Gasteiger partial charge in [-0.3, -0.25) is 0 Å². The number of hydrogen-bond acceptors (Lipinski definition) is 3. The zero-order valence-electron chi connectivity index (χ0n) is 12.3. The third-order valence-electron chi connectivity index (χ3n) is 4.32. The molecule has 0 aromatic carbocycles. The van der Waals surface area contributed by atoms with Crippen LogP contribution in [0.4, 0.5) is 0 Å². The molecule has 0 aromatic rings. The van der Waals surface area contributed by atoms with Crippen LogP contribution in [-0.2, 0) is 0 Å². The summed E-state index contributed by atoms with van der Waals surface area (Å²) in [6.45, 7) is 3.19. The summed E-state index contributed by atoms with van der Waals surface area (Å²) in [6, 6.07) is 0.801. The maximum absolute atomic E-state index is 9.10. The van der Waals surface area contributed by atoms with E-state index in [2.05, 4.69) is 11.9 Å². The van der Waals surface area contributed by atoms with Crippen LogP contribution < -0.4 is 5.73 Å². The van der Waals surface area contributed by atoms with E-state index in [1.165, 1.54) is 51.5 Å². The Hall–Kier alpha value is -0.120. The van der Waals surface area contributed by atoms with E-state index in [0.29, 0.717) is 0 Å². The molecule has 3 nitrogen and oxygen atoms in total. The van der Waals surface area contributed by atoms with E-state index < -0.39 is 0 Å². The molecule has 0 aromatic heterocycles. The van der Waals surface area contributed by atoms with Crippen LogP contribution in [0.15, 0.2) is 0 Å². The quantitative estimate of drug-likeness (QED) is 0.543. The van der Waals surface area contributed by atoms with Crippen LogP contribution in [0, 0.1) is 0 Å². The van der Waals surface area contributed by atoms with Gasteiger partial charge in [0.25, 0.3) is 0 Å². The molecule has 1 aliphatic carbocycles. The van der Waals surface area contributed by atoms with Gasteiger partial charge in [-0.05, 0) is 46.2 Å². The highest BCUT2D eigenvalue weighted by molar-refractivity contribution is 4.77. The van der Waals surface area contributed by atoms with Gasteiger partial charge in [-0.1, -0.05) is 32.1 Å². The Balaban J connectivity index is 2.14. The monoisotopic (exact) mass is 256 g/mol. The van der Waals surface area contributed by atoms with Gasteiger partial charge in [0.1, 0.15) is 0 Å². The minimum Gasteiger partial charge on any atom is -0.394 e. The van der Waals surface area contributed by atoms with Gasteiger partial charge >= 0.3 is 0 Å². The molecule has 1 rings (SSSR count). The highest BCUT2D eigenvalue weighted by Crippen LogP contribution is 2.21. The fourth-order valence-electron chi connectivity index (χ4n) is 2.85. The van der Waals surface area contributed by atoms with E-state index >= 15 is 0 Å². The van der Waals surface area contributed by atoms with E-state index in [9.17, 15) is 0 Å². The van der Waals surface area contributed by atoms with E-state index in [1.807, 2.05) is 6.92 Å². The second kappa shape index (κ2) is 8.13. The first-order valence-electron chi connectivity index (χ1n) is 7.65. The van der Waals surface area contributed by atoms with Crippen LogP contribution in [0.2, 0.25) is 0 Å². The van der Waals surface area contributed by atoms with Crippen LogP contribution in [-0.4, -0.2) is 41.8 Å². The Morgan fingerprint density at radius 2 is 1.78 bits per heavy atom. The molecule has 0 bridgehead atoms. The first-order valence-corrected chi connectivity index (χ1v) is 7.65. The maximum atomic E-state index is 9.10. The lowest BCUT2D eigenvalue weighted by Gasteiger charge is -2.28. The minimum atomic E-state index is -0.388. The Bertz CT molecular complexity index is 211. The Labute approximate surface area is 113 Å². The Morgan fingerprint density at radius 3 is 2.33 bits per heavy atom. The van der Waals surface area contributed by atoms with Crippen molar-refractivity contribution in [1.29, 1.82) is 0 Å². The molecule has 108 valence electrons. The number of aliphatic hydroxyl groups is 1. The summed E-state index contributed by atoms with van der Waals surface area (Å²) in [6.07, 6.45) is 11.6. The zero-order chi connectivity index (χ0) is 13.4. The maximum Gasteiger partial charge on any atom is 0.0608 e. The summed E-state index contributed by atoms with van der Waals surface area (Å²) in [4.78, 5) is 2.54. The van der Waals surface area contributed by atoms with Gasteiger partial charge in [0.2, 0.25) is 0 Å². The van der Waals surface area contributed by atoms with Crippen molar-refractivity contribution in [1.82, 2.24) is 4.90 Å². The van der Waals surface area contributed by atoms with Crippen molar-refractivity contribution < 1.29 is 5.11 Å². The standard InChI is InChI=1S/C15H32N2O/c1-15(16,13-18)11-7-8-12-17(2)14-9-5-3-4-6-10-14/h14,18H,3-13,16H2,1-2H3. The van der Waals surface area contributed by atoms with Gasteiger partial charge in [0, 0.05) is 11.6 Å². The topological polar surface area (TPSA) is 49.5 Å². The first kappa shape index (κ1) is 15.9. The molecule has 1 saturated carbocycles. The normalized spacial score (nSPS) is 21.8. The van der Waals surface area contributed by atoms with Gasteiger partial charge in [-0.2, -0.15) is 0 Å². The number of nitrogens with zero attached hydrogens (tertiary/aromatic N) is 1. The highest BCUT2D eigenvalue weighted by Gasteiger charge is 2.18. The second-order valence-corrected chi connectivity index (χ2v) is 6.40. The zero-order valence-corrected chi connectivity index (χ0v) is 12.3. The van der Waals surface area contributed by atoms with Crippen LogP contribution in [0.1, 0.15) is 64.7 Å². The molecule has 1 fully saturated rings. The van der Waals surface area contributed by atoms with Gasteiger partial charge in [0.15, 0.2) is 0 Å². The summed E-state index contributed by atoms with van der Waals surface area (Å²) in [5.74, 6) is 0. The predicted octanol–water partition coefficient (Wildman–Crippen LogP) is 2.52. The molecule has 18 heavy (non-hydrogen) atoms. The molecular formula is C15H32N2O. The number of rotatable bonds is 7. The molecule has 1 aliphatic rings. The molecule has 3 heteroatoms. The SMILES string of the molecule is CN(CCCCC(C)(N)CO)C1CCCCCC1. The summed E-state index contributed by atoms with van der Waals surface area (Å²) >= 11 is 0. The average Bonchev–Trinajstić information content (AvgIpc) is 2.63. The molecule has 0 radical (unpaired) electrons. The minimum absolute atomic E-state index is 0.0888. The number of aliphatic hydroxyl groups excluding tert-OH is 1. The Kier molecular flexibility index (Phi) is 7.20. The van der Waals surface area contributed by atoms with Crippen LogP contribution in [0.25, 0.3) is 0 Å². The van der Waals surface area contributed by atoms with Crippen LogP contribution in [0.5, 0.6) is 0 Å². The van der Waals surface area contributed by atoms with Gasteiger partial charge < -0.3 is 15.7 Å². The van der Waals surface area contributed by atoms with E-state index in [0.717, 1.165) is 18.9 Å². The number of nitrogens with two attached hydrogens (primary N) is 1. The molecule has 0 saturated heterocycles. The van der Waals surface area contributed by atoms with Crippen molar-refractivity contribution in [3.63, 3.8) is 0 Å². The van der Waals surface area contributed by atoms with E-state index in [1.54, 1.807) is 0 Å². The molecule has 1 atom stereocenters. The van der Waals surface area contributed by atoms with Crippen molar-refractivity contribution in [2.24, 2.45) is 5.73 Å². The lowest BCUT2D eigenvalue weighted by atomic mass is 9.97. The predicted molar refractivity (Wildman–Crippen MR) is 77.6 cm³/mol. The van der Waals surface area contributed by atoms with Crippen molar-refractivity contribution in [2.75, 3.05) is 20.2 Å². The summed E-state index contributed by atoms with van der Waals surface area (Å²) in [5.41, 5.74) is 5.54. The molecular weight excluding hydrogens is 224 g/mol. The Morgan fingerprint density at radius 1 is 1.17 bits per heavy atom. The average molecular weight is 256 g/mol.